The Morgan fingerprint density at radius 3 is 3.12 bits per heavy atom. The largest absolute Gasteiger partial charge is 0.325 e. The van der Waals surface area contributed by atoms with Crippen LogP contribution in [0.15, 0.2) is 12.1 Å². The molecule has 16 heavy (non-hydrogen) atoms. The summed E-state index contributed by atoms with van der Waals surface area (Å²) in [5, 5.41) is 2.98. The normalized spacial score (nSPS) is 21.8. The van der Waals surface area contributed by atoms with Crippen LogP contribution in [0.4, 0.5) is 5.69 Å². The lowest BCUT2D eigenvalue weighted by Gasteiger charge is -2.22. The van der Waals surface area contributed by atoms with Crippen LogP contribution in [0, 0.1) is 0 Å². The summed E-state index contributed by atoms with van der Waals surface area (Å²) in [6.07, 6.45) is 4.12. The van der Waals surface area contributed by atoms with Gasteiger partial charge in [0, 0.05) is 11.6 Å². The minimum atomic E-state index is 0.106. The van der Waals surface area contributed by atoms with E-state index in [0.717, 1.165) is 31.4 Å². The van der Waals surface area contributed by atoms with Gasteiger partial charge < -0.3 is 5.32 Å². The van der Waals surface area contributed by atoms with E-state index in [1.807, 2.05) is 6.07 Å². The lowest BCUT2D eigenvalue weighted by molar-refractivity contribution is -0.117. The highest BCUT2D eigenvalue weighted by Crippen LogP contribution is 2.43. The highest BCUT2D eigenvalue weighted by Gasteiger charge is 2.35. The number of rotatable bonds is 2. The fourth-order valence-electron chi connectivity index (χ4n) is 2.96. The number of anilines is 1. The van der Waals surface area contributed by atoms with Gasteiger partial charge in [0.25, 0.3) is 0 Å². The summed E-state index contributed by atoms with van der Waals surface area (Å²) in [4.78, 5) is 11.8. The highest BCUT2D eigenvalue weighted by atomic mass is 35.5. The van der Waals surface area contributed by atoms with Gasteiger partial charge in [-0.1, -0.05) is 6.07 Å². The Morgan fingerprint density at radius 2 is 2.31 bits per heavy atom. The monoisotopic (exact) mass is 235 g/mol. The molecule has 0 saturated heterocycles. The van der Waals surface area contributed by atoms with E-state index in [2.05, 4.69) is 11.4 Å². The van der Waals surface area contributed by atoms with Crippen molar-refractivity contribution in [3.63, 3.8) is 0 Å². The number of alkyl halides is 1. The zero-order valence-corrected chi connectivity index (χ0v) is 9.81. The summed E-state index contributed by atoms with van der Waals surface area (Å²) in [6.45, 7) is 0. The van der Waals surface area contributed by atoms with Crippen LogP contribution in [-0.2, 0) is 17.6 Å². The predicted octanol–water partition coefficient (Wildman–Crippen LogP) is 2.84. The molecule has 0 aromatic heterocycles. The quantitative estimate of drug-likeness (QED) is 0.785. The molecule has 1 heterocycles. The first-order chi connectivity index (χ1) is 7.81. The lowest BCUT2D eigenvalue weighted by atomic mass is 9.81. The smallest absolute Gasteiger partial charge is 0.232 e. The van der Waals surface area contributed by atoms with Crippen LogP contribution in [0.5, 0.6) is 0 Å². The molecule has 0 fully saturated rings. The molecule has 1 aromatic carbocycles. The summed E-state index contributed by atoms with van der Waals surface area (Å²) >= 11 is 5.82. The molecule has 3 heteroatoms. The molecule has 0 radical (unpaired) electrons. The number of carbonyl (C=O) groups excluding carboxylic acids is 1. The van der Waals surface area contributed by atoms with Crippen LogP contribution in [0.25, 0.3) is 0 Å². The summed E-state index contributed by atoms with van der Waals surface area (Å²) in [5.74, 6) is 0.936. The molecular weight excluding hydrogens is 222 g/mol. The van der Waals surface area contributed by atoms with Gasteiger partial charge in [0.05, 0.1) is 5.92 Å². The molecule has 84 valence electrons. The number of carbonyl (C=O) groups is 1. The van der Waals surface area contributed by atoms with Crippen molar-refractivity contribution < 1.29 is 4.79 Å². The number of hydrogen-bond donors (Lipinski definition) is 1. The Balaban J connectivity index is 2.14. The van der Waals surface area contributed by atoms with Gasteiger partial charge in [-0.25, -0.2) is 0 Å². The molecule has 1 N–H and O–H groups in total. The van der Waals surface area contributed by atoms with E-state index in [0.29, 0.717) is 5.88 Å². The molecule has 2 aliphatic rings. The van der Waals surface area contributed by atoms with Gasteiger partial charge in [-0.15, -0.1) is 11.6 Å². The topological polar surface area (TPSA) is 29.1 Å². The number of aryl methyl sites for hydroxylation is 1. The summed E-state index contributed by atoms with van der Waals surface area (Å²) in [6, 6.07) is 4.15. The molecule has 0 saturated carbocycles. The van der Waals surface area contributed by atoms with Gasteiger partial charge in [0.2, 0.25) is 5.91 Å². The zero-order valence-electron chi connectivity index (χ0n) is 9.05. The molecule has 1 amide bonds. The summed E-state index contributed by atoms with van der Waals surface area (Å²) in [5.41, 5.74) is 5.00. The van der Waals surface area contributed by atoms with Crippen molar-refractivity contribution in [2.24, 2.45) is 0 Å². The van der Waals surface area contributed by atoms with Gasteiger partial charge in [-0.3, -0.25) is 4.79 Å². The average Bonchev–Trinajstić information content (AvgIpc) is 2.62. The minimum absolute atomic E-state index is 0.106. The van der Waals surface area contributed by atoms with E-state index in [1.54, 1.807) is 0 Å². The van der Waals surface area contributed by atoms with Crippen LogP contribution < -0.4 is 5.32 Å². The van der Waals surface area contributed by atoms with Crippen molar-refractivity contribution in [3.8, 4) is 0 Å². The van der Waals surface area contributed by atoms with Crippen molar-refractivity contribution in [2.45, 2.75) is 31.6 Å². The molecule has 1 aromatic rings. The SMILES string of the molecule is O=C1Nc2ccc(CCCl)c3c2C1CCC3. The molecule has 1 aliphatic carbocycles. The number of halogens is 1. The van der Waals surface area contributed by atoms with Gasteiger partial charge in [-0.05, 0) is 48.4 Å². The Hall–Kier alpha value is -1.02. The van der Waals surface area contributed by atoms with Crippen molar-refractivity contribution in [1.82, 2.24) is 0 Å². The molecule has 0 bridgehead atoms. The lowest BCUT2D eigenvalue weighted by Crippen LogP contribution is -2.16. The van der Waals surface area contributed by atoms with Gasteiger partial charge >= 0.3 is 0 Å². The van der Waals surface area contributed by atoms with Gasteiger partial charge in [-0.2, -0.15) is 0 Å². The molecular formula is C13H14ClNO. The zero-order chi connectivity index (χ0) is 11.1. The van der Waals surface area contributed by atoms with Crippen LogP contribution in [0.1, 0.15) is 35.4 Å². The molecule has 2 nitrogen and oxygen atoms in total. The van der Waals surface area contributed by atoms with Crippen molar-refractivity contribution in [1.29, 1.82) is 0 Å². The second-order valence-corrected chi connectivity index (χ2v) is 4.92. The Labute approximate surface area is 100.0 Å². The van der Waals surface area contributed by atoms with Gasteiger partial charge in [0.1, 0.15) is 0 Å². The third-order valence-electron chi connectivity index (χ3n) is 3.66. The molecule has 0 spiro atoms. The predicted molar refractivity (Wildman–Crippen MR) is 65.2 cm³/mol. The fourth-order valence-corrected chi connectivity index (χ4v) is 3.16. The van der Waals surface area contributed by atoms with E-state index in [1.165, 1.54) is 16.7 Å². The maximum atomic E-state index is 11.8. The van der Waals surface area contributed by atoms with E-state index >= 15 is 0 Å². The first-order valence-corrected chi connectivity index (χ1v) is 6.36. The average molecular weight is 236 g/mol. The molecule has 1 atom stereocenters. The second kappa shape index (κ2) is 3.77. The van der Waals surface area contributed by atoms with Gasteiger partial charge in [0.15, 0.2) is 0 Å². The Kier molecular flexibility index (Phi) is 2.40. The van der Waals surface area contributed by atoms with Crippen LogP contribution in [-0.4, -0.2) is 11.8 Å². The van der Waals surface area contributed by atoms with Crippen molar-refractivity contribution in [3.05, 3.63) is 28.8 Å². The van der Waals surface area contributed by atoms with E-state index in [-0.39, 0.29) is 11.8 Å². The van der Waals surface area contributed by atoms with Crippen LogP contribution in [0.3, 0.4) is 0 Å². The fraction of sp³-hybridized carbons (Fsp3) is 0.462. The second-order valence-electron chi connectivity index (χ2n) is 4.54. The van der Waals surface area contributed by atoms with Crippen LogP contribution >= 0.6 is 11.6 Å². The number of amides is 1. The molecule has 3 rings (SSSR count). The van der Waals surface area contributed by atoms with Crippen molar-refractivity contribution in [2.75, 3.05) is 11.2 Å². The maximum Gasteiger partial charge on any atom is 0.232 e. The standard InChI is InChI=1S/C13H14ClNO/c14-7-6-8-4-5-11-12-9(8)2-1-3-10(12)13(16)15-11/h4-5,10H,1-3,6-7H2,(H,15,16). The Morgan fingerprint density at radius 1 is 1.44 bits per heavy atom. The highest BCUT2D eigenvalue weighted by molar-refractivity contribution is 6.18. The Bertz CT molecular complexity index is 455. The van der Waals surface area contributed by atoms with E-state index in [9.17, 15) is 4.79 Å². The third kappa shape index (κ3) is 1.36. The van der Waals surface area contributed by atoms with Crippen molar-refractivity contribution >= 4 is 23.2 Å². The number of nitrogens with one attached hydrogen (secondary N) is 1. The maximum absolute atomic E-state index is 11.8. The van der Waals surface area contributed by atoms with E-state index in [4.69, 9.17) is 11.6 Å². The molecule has 1 unspecified atom stereocenters. The summed E-state index contributed by atoms with van der Waals surface area (Å²) in [7, 11) is 0. The number of benzene rings is 1. The number of hydrogen-bond acceptors (Lipinski definition) is 1. The molecule has 1 aliphatic heterocycles. The first kappa shape index (κ1) is 10.2. The van der Waals surface area contributed by atoms with Crippen LogP contribution in [0.2, 0.25) is 0 Å². The summed E-state index contributed by atoms with van der Waals surface area (Å²) < 4.78 is 0. The van der Waals surface area contributed by atoms with E-state index < -0.39 is 0 Å². The third-order valence-corrected chi connectivity index (χ3v) is 3.85. The first-order valence-electron chi connectivity index (χ1n) is 5.82. The minimum Gasteiger partial charge on any atom is -0.325 e.